The van der Waals surface area contributed by atoms with Crippen LogP contribution >= 0.6 is 0 Å². The van der Waals surface area contributed by atoms with Crippen molar-refractivity contribution in [2.45, 2.75) is 20.3 Å². The van der Waals surface area contributed by atoms with Crippen molar-refractivity contribution in [1.29, 1.82) is 0 Å². The van der Waals surface area contributed by atoms with Gasteiger partial charge in [0, 0.05) is 11.8 Å². The monoisotopic (exact) mass is 280 g/mol. The average molecular weight is 280 g/mol. The van der Waals surface area contributed by atoms with E-state index >= 15 is 0 Å². The number of hydrogen-bond donors (Lipinski definition) is 0. The van der Waals surface area contributed by atoms with Crippen LogP contribution in [0, 0.1) is 12.7 Å². The lowest BCUT2D eigenvalue weighted by molar-refractivity contribution is 0.627. The van der Waals surface area contributed by atoms with Crippen molar-refractivity contribution in [3.8, 4) is 16.8 Å². The zero-order chi connectivity index (χ0) is 14.8. The van der Waals surface area contributed by atoms with Crippen LogP contribution in [0.3, 0.4) is 0 Å². The van der Waals surface area contributed by atoms with Gasteiger partial charge in [0.05, 0.1) is 11.4 Å². The highest BCUT2D eigenvalue weighted by molar-refractivity contribution is 5.66. The summed E-state index contributed by atoms with van der Waals surface area (Å²) in [6, 6.07) is 14.8. The molecule has 3 aromatic rings. The number of aryl methyl sites for hydroxylation is 2. The molecule has 0 aliphatic carbocycles. The van der Waals surface area contributed by atoms with Crippen LogP contribution < -0.4 is 0 Å². The third-order valence-corrected chi connectivity index (χ3v) is 3.58. The van der Waals surface area contributed by atoms with Crippen molar-refractivity contribution in [1.82, 2.24) is 9.78 Å². The molecule has 0 aliphatic rings. The predicted molar refractivity (Wildman–Crippen MR) is 83.1 cm³/mol. The van der Waals surface area contributed by atoms with E-state index in [4.69, 9.17) is 0 Å². The van der Waals surface area contributed by atoms with Gasteiger partial charge in [0.25, 0.3) is 0 Å². The number of nitrogens with zero attached hydrogens (tertiary/aromatic N) is 2. The van der Waals surface area contributed by atoms with Gasteiger partial charge in [-0.25, -0.2) is 9.07 Å². The summed E-state index contributed by atoms with van der Waals surface area (Å²) in [6.45, 7) is 4.17. The maximum atomic E-state index is 13.0. The van der Waals surface area contributed by atoms with Crippen molar-refractivity contribution >= 4 is 0 Å². The van der Waals surface area contributed by atoms with Gasteiger partial charge in [-0.1, -0.05) is 36.8 Å². The van der Waals surface area contributed by atoms with E-state index in [-0.39, 0.29) is 5.82 Å². The lowest BCUT2D eigenvalue weighted by Gasteiger charge is -2.01. The third-order valence-electron chi connectivity index (χ3n) is 3.58. The van der Waals surface area contributed by atoms with Crippen LogP contribution in [0.2, 0.25) is 0 Å². The maximum Gasteiger partial charge on any atom is 0.123 e. The minimum atomic E-state index is -0.236. The highest BCUT2D eigenvalue weighted by Gasteiger charge is 2.10. The van der Waals surface area contributed by atoms with Crippen LogP contribution in [-0.2, 0) is 6.42 Å². The van der Waals surface area contributed by atoms with Crippen LogP contribution in [0.5, 0.6) is 0 Å². The molecule has 106 valence electrons. The Bertz CT molecular complexity index is 740. The van der Waals surface area contributed by atoms with Crippen molar-refractivity contribution < 1.29 is 4.39 Å². The minimum Gasteiger partial charge on any atom is -0.240 e. The SMILES string of the molecule is CCc1nn(-c2ccc(F)cc2)cc1-c1ccc(C)cc1. The molecule has 0 saturated carbocycles. The lowest BCUT2D eigenvalue weighted by Crippen LogP contribution is -1.95. The van der Waals surface area contributed by atoms with Gasteiger partial charge in [0.1, 0.15) is 5.82 Å². The van der Waals surface area contributed by atoms with Crippen LogP contribution in [0.4, 0.5) is 4.39 Å². The molecular formula is C18H17FN2. The Hall–Kier alpha value is -2.42. The summed E-state index contributed by atoms with van der Waals surface area (Å²) in [4.78, 5) is 0. The summed E-state index contributed by atoms with van der Waals surface area (Å²) in [5.41, 5.74) is 5.43. The Morgan fingerprint density at radius 3 is 2.29 bits per heavy atom. The van der Waals surface area contributed by atoms with E-state index in [1.165, 1.54) is 17.7 Å². The standard InChI is InChI=1S/C18H17FN2/c1-3-18-17(14-6-4-13(2)5-7-14)12-21(20-18)16-10-8-15(19)9-11-16/h4-12H,3H2,1-2H3. The highest BCUT2D eigenvalue weighted by atomic mass is 19.1. The second kappa shape index (κ2) is 5.52. The van der Waals surface area contributed by atoms with Crippen LogP contribution in [0.1, 0.15) is 18.2 Å². The minimum absolute atomic E-state index is 0.236. The molecule has 0 atom stereocenters. The number of hydrogen-bond acceptors (Lipinski definition) is 1. The van der Waals surface area contributed by atoms with Crippen molar-refractivity contribution in [3.05, 3.63) is 71.8 Å². The number of halogens is 1. The first-order chi connectivity index (χ1) is 10.2. The van der Waals surface area contributed by atoms with E-state index in [0.717, 1.165) is 28.9 Å². The van der Waals surface area contributed by atoms with E-state index < -0.39 is 0 Å². The Morgan fingerprint density at radius 1 is 1.00 bits per heavy atom. The first-order valence-corrected chi connectivity index (χ1v) is 7.09. The zero-order valence-corrected chi connectivity index (χ0v) is 12.2. The molecule has 21 heavy (non-hydrogen) atoms. The van der Waals surface area contributed by atoms with E-state index in [1.807, 2.05) is 10.9 Å². The van der Waals surface area contributed by atoms with Crippen molar-refractivity contribution in [2.75, 3.05) is 0 Å². The topological polar surface area (TPSA) is 17.8 Å². The second-order valence-corrected chi connectivity index (χ2v) is 5.13. The van der Waals surface area contributed by atoms with Crippen LogP contribution in [-0.4, -0.2) is 9.78 Å². The van der Waals surface area contributed by atoms with Gasteiger partial charge in [0.15, 0.2) is 0 Å². The van der Waals surface area contributed by atoms with Gasteiger partial charge in [0.2, 0.25) is 0 Å². The van der Waals surface area contributed by atoms with Gasteiger partial charge in [-0.3, -0.25) is 0 Å². The highest BCUT2D eigenvalue weighted by Crippen LogP contribution is 2.25. The molecule has 0 N–H and O–H groups in total. The first-order valence-electron chi connectivity index (χ1n) is 7.09. The number of benzene rings is 2. The fraction of sp³-hybridized carbons (Fsp3) is 0.167. The molecule has 0 radical (unpaired) electrons. The van der Waals surface area contributed by atoms with Crippen LogP contribution in [0.25, 0.3) is 16.8 Å². The van der Waals surface area contributed by atoms with Crippen LogP contribution in [0.15, 0.2) is 54.7 Å². The molecule has 1 aromatic heterocycles. The normalized spacial score (nSPS) is 10.8. The zero-order valence-electron chi connectivity index (χ0n) is 12.2. The predicted octanol–water partition coefficient (Wildman–Crippen LogP) is 4.55. The summed E-state index contributed by atoms with van der Waals surface area (Å²) in [5.74, 6) is -0.236. The average Bonchev–Trinajstić information content (AvgIpc) is 2.93. The molecule has 2 nitrogen and oxygen atoms in total. The number of aromatic nitrogens is 2. The Labute approximate surface area is 123 Å². The second-order valence-electron chi connectivity index (χ2n) is 5.13. The first kappa shape index (κ1) is 13.6. The summed E-state index contributed by atoms with van der Waals surface area (Å²) in [7, 11) is 0. The van der Waals surface area contributed by atoms with E-state index in [2.05, 4.69) is 43.2 Å². The fourth-order valence-electron chi connectivity index (χ4n) is 2.37. The molecule has 0 bridgehead atoms. The van der Waals surface area contributed by atoms with E-state index in [1.54, 1.807) is 12.1 Å². The Kier molecular flexibility index (Phi) is 3.57. The van der Waals surface area contributed by atoms with Gasteiger partial charge < -0.3 is 0 Å². The molecule has 2 aromatic carbocycles. The molecule has 0 fully saturated rings. The molecule has 0 spiro atoms. The largest absolute Gasteiger partial charge is 0.240 e. The summed E-state index contributed by atoms with van der Waals surface area (Å²) in [5, 5.41) is 4.62. The molecule has 0 unspecified atom stereocenters. The van der Waals surface area contributed by atoms with Crippen molar-refractivity contribution in [2.24, 2.45) is 0 Å². The Balaban J connectivity index is 2.05. The molecule has 0 saturated heterocycles. The third kappa shape index (κ3) is 2.72. The summed E-state index contributed by atoms with van der Waals surface area (Å²) >= 11 is 0. The summed E-state index contributed by atoms with van der Waals surface area (Å²) < 4.78 is 14.8. The smallest absolute Gasteiger partial charge is 0.123 e. The van der Waals surface area contributed by atoms with Gasteiger partial charge in [-0.2, -0.15) is 5.10 Å². The molecule has 3 rings (SSSR count). The number of rotatable bonds is 3. The van der Waals surface area contributed by atoms with Gasteiger partial charge in [-0.05, 0) is 43.2 Å². The lowest BCUT2D eigenvalue weighted by atomic mass is 10.0. The van der Waals surface area contributed by atoms with Crippen molar-refractivity contribution in [3.63, 3.8) is 0 Å². The van der Waals surface area contributed by atoms with E-state index in [0.29, 0.717) is 0 Å². The summed E-state index contributed by atoms with van der Waals surface area (Å²) in [6.07, 6.45) is 2.87. The molecule has 0 aliphatic heterocycles. The molecular weight excluding hydrogens is 263 g/mol. The quantitative estimate of drug-likeness (QED) is 0.688. The van der Waals surface area contributed by atoms with Gasteiger partial charge >= 0.3 is 0 Å². The Morgan fingerprint density at radius 2 is 1.67 bits per heavy atom. The molecule has 0 amide bonds. The molecule has 1 heterocycles. The van der Waals surface area contributed by atoms with E-state index in [9.17, 15) is 4.39 Å². The maximum absolute atomic E-state index is 13.0. The molecule has 3 heteroatoms. The fourth-order valence-corrected chi connectivity index (χ4v) is 2.37. The van der Waals surface area contributed by atoms with Gasteiger partial charge in [-0.15, -0.1) is 0 Å².